The van der Waals surface area contributed by atoms with E-state index < -0.39 is 52.6 Å². The fourth-order valence-electron chi connectivity index (χ4n) is 4.37. The molecule has 1 aliphatic rings. The maximum atomic E-state index is 13.3. The SMILES string of the molecule is C[C@H](NC(=O)CCC(=O)O)C(=O)N1CCC[C@H]1C(=O)N[C@@H](Cc1ccccc1)C(=O)Nc1ccc([N+](=O)[O-])cc1. The van der Waals surface area contributed by atoms with Crippen molar-refractivity contribution in [1.29, 1.82) is 0 Å². The van der Waals surface area contributed by atoms with Crippen molar-refractivity contribution in [2.24, 2.45) is 0 Å². The van der Waals surface area contributed by atoms with Crippen molar-refractivity contribution in [3.8, 4) is 0 Å². The van der Waals surface area contributed by atoms with Gasteiger partial charge in [-0.3, -0.25) is 34.1 Å². The Morgan fingerprint density at radius 3 is 2.33 bits per heavy atom. The lowest BCUT2D eigenvalue weighted by molar-refractivity contribution is -0.384. The maximum Gasteiger partial charge on any atom is 0.303 e. The minimum absolute atomic E-state index is 0.134. The van der Waals surface area contributed by atoms with Crippen molar-refractivity contribution in [2.45, 2.75) is 57.2 Å². The Hall–Kier alpha value is -4.81. The number of non-ortho nitro benzene ring substituents is 1. The van der Waals surface area contributed by atoms with Gasteiger partial charge in [0, 0.05) is 37.2 Å². The third-order valence-electron chi connectivity index (χ3n) is 6.41. The van der Waals surface area contributed by atoms with E-state index in [2.05, 4.69) is 16.0 Å². The average Bonchev–Trinajstić information content (AvgIpc) is 3.42. The summed E-state index contributed by atoms with van der Waals surface area (Å²) in [7, 11) is 0. The number of nitro groups is 1. The first-order chi connectivity index (χ1) is 19.0. The summed E-state index contributed by atoms with van der Waals surface area (Å²) < 4.78 is 0. The van der Waals surface area contributed by atoms with Crippen molar-refractivity contribution in [3.63, 3.8) is 0 Å². The van der Waals surface area contributed by atoms with E-state index in [1.807, 2.05) is 6.07 Å². The number of carboxylic acid groups (broad SMARTS) is 1. The van der Waals surface area contributed by atoms with E-state index in [-0.39, 0.29) is 31.5 Å². The van der Waals surface area contributed by atoms with Crippen LogP contribution in [0.2, 0.25) is 0 Å². The standard InChI is InChI=1S/C27H31N5O8/c1-17(28-23(33)13-14-24(34)35)27(38)31-15-5-8-22(31)26(37)30-21(16-18-6-3-2-4-7-18)25(36)29-19-9-11-20(12-10-19)32(39)40/h2-4,6-7,9-12,17,21-22H,5,8,13-16H2,1H3,(H,28,33)(H,29,36)(H,30,37)(H,34,35)/t17-,21-,22-/m0/s1. The molecule has 13 heteroatoms. The average molecular weight is 554 g/mol. The van der Waals surface area contributed by atoms with E-state index >= 15 is 0 Å². The Morgan fingerprint density at radius 2 is 1.70 bits per heavy atom. The fraction of sp³-hybridized carbons (Fsp3) is 0.370. The molecule has 0 bridgehead atoms. The summed E-state index contributed by atoms with van der Waals surface area (Å²) in [5.74, 6) is -3.28. The number of carbonyl (C=O) groups is 5. The van der Waals surface area contributed by atoms with E-state index in [1.54, 1.807) is 24.3 Å². The van der Waals surface area contributed by atoms with Gasteiger partial charge in [0.1, 0.15) is 18.1 Å². The number of anilines is 1. The van der Waals surface area contributed by atoms with Crippen LogP contribution in [0.4, 0.5) is 11.4 Å². The predicted molar refractivity (Wildman–Crippen MR) is 143 cm³/mol. The third kappa shape index (κ3) is 8.35. The smallest absolute Gasteiger partial charge is 0.303 e. The largest absolute Gasteiger partial charge is 0.481 e. The molecule has 0 aliphatic carbocycles. The molecule has 3 rings (SSSR count). The second-order valence-electron chi connectivity index (χ2n) is 9.42. The Bertz CT molecular complexity index is 1250. The van der Waals surface area contributed by atoms with Gasteiger partial charge >= 0.3 is 5.97 Å². The topological polar surface area (TPSA) is 188 Å². The zero-order valence-corrected chi connectivity index (χ0v) is 21.9. The second kappa shape index (κ2) is 13.8. The first kappa shape index (κ1) is 29.7. The van der Waals surface area contributed by atoms with Gasteiger partial charge in [0.05, 0.1) is 11.3 Å². The number of rotatable bonds is 12. The molecule has 4 amide bonds. The minimum Gasteiger partial charge on any atom is -0.481 e. The molecule has 1 fully saturated rings. The lowest BCUT2D eigenvalue weighted by Crippen LogP contribution is -2.55. The van der Waals surface area contributed by atoms with E-state index in [0.717, 1.165) is 5.56 Å². The summed E-state index contributed by atoms with van der Waals surface area (Å²) in [4.78, 5) is 74.0. The second-order valence-corrected chi connectivity index (χ2v) is 9.42. The van der Waals surface area contributed by atoms with Crippen molar-refractivity contribution in [2.75, 3.05) is 11.9 Å². The number of hydrogen-bond acceptors (Lipinski definition) is 7. The molecule has 1 saturated heterocycles. The molecule has 3 atom stereocenters. The number of carboxylic acids is 1. The van der Waals surface area contributed by atoms with Gasteiger partial charge < -0.3 is 26.0 Å². The van der Waals surface area contributed by atoms with E-state index in [9.17, 15) is 34.1 Å². The van der Waals surface area contributed by atoms with Crippen LogP contribution in [0.15, 0.2) is 54.6 Å². The van der Waals surface area contributed by atoms with Crippen LogP contribution >= 0.6 is 0 Å². The molecule has 0 saturated carbocycles. The number of aliphatic carboxylic acids is 1. The first-order valence-corrected chi connectivity index (χ1v) is 12.8. The van der Waals surface area contributed by atoms with Crippen molar-refractivity contribution >= 4 is 41.0 Å². The number of benzene rings is 2. The zero-order chi connectivity index (χ0) is 29.2. The molecule has 0 spiro atoms. The highest BCUT2D eigenvalue weighted by molar-refractivity contribution is 5.99. The van der Waals surface area contributed by atoms with Gasteiger partial charge in [0.25, 0.3) is 5.69 Å². The molecule has 1 aliphatic heterocycles. The number of nitrogens with one attached hydrogen (secondary N) is 3. The number of hydrogen-bond donors (Lipinski definition) is 4. The summed E-state index contributed by atoms with van der Waals surface area (Å²) in [5, 5.41) is 27.5. The molecule has 0 aromatic heterocycles. The maximum absolute atomic E-state index is 13.3. The molecule has 4 N–H and O–H groups in total. The van der Waals surface area contributed by atoms with Crippen molar-refractivity contribution in [1.82, 2.24) is 15.5 Å². The first-order valence-electron chi connectivity index (χ1n) is 12.8. The fourth-order valence-corrected chi connectivity index (χ4v) is 4.37. The minimum atomic E-state index is -1.13. The van der Waals surface area contributed by atoms with E-state index in [4.69, 9.17) is 5.11 Å². The molecular formula is C27H31N5O8. The molecule has 2 aromatic carbocycles. The van der Waals surface area contributed by atoms with Crippen LogP contribution in [-0.2, 0) is 30.4 Å². The van der Waals surface area contributed by atoms with Crippen LogP contribution in [0.25, 0.3) is 0 Å². The van der Waals surface area contributed by atoms with Crippen LogP contribution in [0.1, 0.15) is 38.2 Å². The van der Waals surface area contributed by atoms with Gasteiger partial charge in [-0.15, -0.1) is 0 Å². The molecule has 13 nitrogen and oxygen atoms in total. The quantitative estimate of drug-likeness (QED) is 0.225. The Morgan fingerprint density at radius 1 is 1.02 bits per heavy atom. The summed E-state index contributed by atoms with van der Waals surface area (Å²) in [6.07, 6.45) is 0.414. The number of likely N-dealkylation sites (tertiary alicyclic amines) is 1. The van der Waals surface area contributed by atoms with Crippen LogP contribution in [-0.4, -0.2) is 69.2 Å². The van der Waals surface area contributed by atoms with Crippen LogP contribution in [0.5, 0.6) is 0 Å². The molecule has 0 unspecified atom stereocenters. The molecule has 212 valence electrons. The Labute approximate surface area is 230 Å². The number of amides is 4. The summed E-state index contributed by atoms with van der Waals surface area (Å²) >= 11 is 0. The lowest BCUT2D eigenvalue weighted by atomic mass is 10.0. The Kier molecular flexibility index (Phi) is 10.3. The number of carbonyl (C=O) groups excluding carboxylic acids is 4. The molecule has 40 heavy (non-hydrogen) atoms. The Balaban J connectivity index is 1.70. The van der Waals surface area contributed by atoms with Gasteiger partial charge in [0.15, 0.2) is 0 Å². The van der Waals surface area contributed by atoms with Crippen LogP contribution in [0.3, 0.4) is 0 Å². The van der Waals surface area contributed by atoms with Gasteiger partial charge in [-0.2, -0.15) is 0 Å². The molecule has 2 aromatic rings. The normalized spacial score (nSPS) is 15.9. The van der Waals surface area contributed by atoms with Crippen molar-refractivity contribution < 1.29 is 34.0 Å². The highest BCUT2D eigenvalue weighted by atomic mass is 16.6. The lowest BCUT2D eigenvalue weighted by Gasteiger charge is -2.28. The monoisotopic (exact) mass is 553 g/mol. The van der Waals surface area contributed by atoms with E-state index in [1.165, 1.54) is 36.1 Å². The molecule has 0 radical (unpaired) electrons. The van der Waals surface area contributed by atoms with Gasteiger partial charge in [0.2, 0.25) is 23.6 Å². The highest BCUT2D eigenvalue weighted by Crippen LogP contribution is 2.20. The van der Waals surface area contributed by atoms with Crippen LogP contribution < -0.4 is 16.0 Å². The van der Waals surface area contributed by atoms with Crippen molar-refractivity contribution in [3.05, 3.63) is 70.3 Å². The summed E-state index contributed by atoms with van der Waals surface area (Å²) in [5.41, 5.74) is 0.960. The van der Waals surface area contributed by atoms with Gasteiger partial charge in [-0.1, -0.05) is 30.3 Å². The highest BCUT2D eigenvalue weighted by Gasteiger charge is 2.37. The summed E-state index contributed by atoms with van der Waals surface area (Å²) in [6, 6.07) is 11.5. The van der Waals surface area contributed by atoms with Gasteiger partial charge in [-0.25, -0.2) is 0 Å². The van der Waals surface area contributed by atoms with E-state index in [0.29, 0.717) is 18.5 Å². The number of nitro benzene ring substituents is 1. The third-order valence-corrected chi connectivity index (χ3v) is 6.41. The number of nitrogens with zero attached hydrogens (tertiary/aromatic N) is 2. The zero-order valence-electron chi connectivity index (χ0n) is 21.9. The molecular weight excluding hydrogens is 522 g/mol. The summed E-state index contributed by atoms with van der Waals surface area (Å²) in [6.45, 7) is 1.74. The predicted octanol–water partition coefficient (Wildman–Crippen LogP) is 1.62. The molecule has 1 heterocycles. The van der Waals surface area contributed by atoms with Gasteiger partial charge in [-0.05, 0) is 37.5 Å². The van der Waals surface area contributed by atoms with Crippen LogP contribution in [0, 0.1) is 10.1 Å².